The standard InChI is InChI=1S/C21H10F3N2Se.C13H24O2.Ir/c22-21(23,24)18-14-7-3-1-5-12(14)9-15-19(25-11-26-20(15)18)17-10-13-6-2-4-8-16(13)27-17;1-5-10(6-2)12(14)9-13(15)11(7-3)8-4;/h1-9,11H;9-11,14H,5-8H2,1-4H3;/q-1;;/b;12-9-;/i1D,3D,5D,7D,9D,11D;;. The second-order valence-electron chi connectivity index (χ2n) is 9.69. The van der Waals surface area contributed by atoms with Gasteiger partial charge in [0.2, 0.25) is 0 Å². The van der Waals surface area contributed by atoms with E-state index in [2.05, 4.69) is 16.0 Å². The van der Waals surface area contributed by atoms with Crippen LogP contribution >= 0.6 is 0 Å². The van der Waals surface area contributed by atoms with E-state index in [1.165, 1.54) is 6.08 Å². The summed E-state index contributed by atoms with van der Waals surface area (Å²) in [5.41, 5.74) is -2.19. The van der Waals surface area contributed by atoms with Gasteiger partial charge in [0.1, 0.15) is 0 Å². The van der Waals surface area contributed by atoms with Gasteiger partial charge in [-0.1, -0.05) is 27.7 Å². The molecule has 1 N–H and O–H groups in total. The molecule has 4 nitrogen and oxygen atoms in total. The number of carbonyl (C=O) groups is 1. The number of nitrogens with zero attached hydrogens (tertiary/aromatic N) is 2. The molecule has 0 fully saturated rings. The molecule has 3 aromatic carbocycles. The fraction of sp³-hybridized carbons (Fsp3) is 0.324. The van der Waals surface area contributed by atoms with Crippen molar-refractivity contribution in [1.29, 1.82) is 0 Å². The predicted octanol–water partition coefficient (Wildman–Crippen LogP) is 9.35. The molecular weight excluding hydrogens is 797 g/mol. The Morgan fingerprint density at radius 1 is 1.02 bits per heavy atom. The van der Waals surface area contributed by atoms with Gasteiger partial charge < -0.3 is 5.11 Å². The zero-order chi connectivity index (χ0) is 35.7. The van der Waals surface area contributed by atoms with Crippen molar-refractivity contribution < 1.29 is 51.4 Å². The molecule has 0 saturated heterocycles. The Labute approximate surface area is 278 Å². The number of hydrogen-bond donors (Lipinski definition) is 1. The van der Waals surface area contributed by atoms with Gasteiger partial charge in [0.15, 0.2) is 5.78 Å². The quantitative estimate of drug-likeness (QED) is 0.0557. The summed E-state index contributed by atoms with van der Waals surface area (Å²) in [6.07, 6.45) is -0.852. The number of rotatable bonds is 8. The maximum absolute atomic E-state index is 14.3. The van der Waals surface area contributed by atoms with Crippen LogP contribution in [0.5, 0.6) is 0 Å². The first-order chi connectivity index (χ1) is 22.6. The summed E-state index contributed by atoms with van der Waals surface area (Å²) in [5, 5.41) is 8.79. The molecule has 0 amide bonds. The second kappa shape index (κ2) is 15.3. The number of alkyl halides is 3. The third-order valence-electron chi connectivity index (χ3n) is 7.15. The van der Waals surface area contributed by atoms with Crippen LogP contribution in [0.25, 0.3) is 41.5 Å². The smallest absolute Gasteiger partial charge is 0 e. The minimum Gasteiger partial charge on any atom is 0 e. The zero-order valence-corrected chi connectivity index (χ0v) is 28.1. The van der Waals surface area contributed by atoms with Crippen LogP contribution in [0.2, 0.25) is 0 Å². The Morgan fingerprint density at radius 3 is 2.30 bits per heavy atom. The zero-order valence-electron chi connectivity index (χ0n) is 30.0. The van der Waals surface area contributed by atoms with Gasteiger partial charge in [0, 0.05) is 38.0 Å². The van der Waals surface area contributed by atoms with Gasteiger partial charge in [-0.25, -0.2) is 0 Å². The van der Waals surface area contributed by atoms with E-state index in [1.54, 1.807) is 12.1 Å². The van der Waals surface area contributed by atoms with Crippen LogP contribution in [0.4, 0.5) is 13.2 Å². The Balaban J connectivity index is 0.000000347. The van der Waals surface area contributed by atoms with E-state index in [4.69, 9.17) is 8.22 Å². The summed E-state index contributed by atoms with van der Waals surface area (Å²) in [6, 6.07) is 6.58. The molecule has 0 bridgehead atoms. The number of benzene rings is 3. The molecule has 2 aromatic heterocycles. The topological polar surface area (TPSA) is 63.1 Å². The molecule has 229 valence electrons. The van der Waals surface area contributed by atoms with Gasteiger partial charge in [-0.2, -0.15) is 0 Å². The van der Waals surface area contributed by atoms with Crippen LogP contribution in [0, 0.1) is 17.9 Å². The third kappa shape index (κ3) is 7.82. The van der Waals surface area contributed by atoms with Crippen LogP contribution < -0.4 is 0 Å². The summed E-state index contributed by atoms with van der Waals surface area (Å²) >= 11 is -0.403. The van der Waals surface area contributed by atoms with E-state index in [1.807, 2.05) is 39.8 Å². The molecule has 5 aromatic rings. The molecule has 0 unspecified atom stereocenters. The van der Waals surface area contributed by atoms with Gasteiger partial charge in [0.25, 0.3) is 0 Å². The average molecular weight is 837 g/mol. The van der Waals surface area contributed by atoms with Crippen molar-refractivity contribution in [3.05, 3.63) is 84.2 Å². The van der Waals surface area contributed by atoms with Crippen LogP contribution in [0.15, 0.2) is 72.6 Å². The van der Waals surface area contributed by atoms with Crippen LogP contribution in [-0.4, -0.2) is 35.4 Å². The number of fused-ring (bicyclic) bond motifs is 3. The third-order valence-corrected chi connectivity index (χ3v) is 9.41. The Bertz CT molecular complexity index is 2010. The van der Waals surface area contributed by atoms with Crippen molar-refractivity contribution in [2.24, 2.45) is 11.8 Å². The van der Waals surface area contributed by atoms with Gasteiger partial charge >= 0.3 is 166 Å². The number of halogens is 3. The molecule has 0 aliphatic heterocycles. The molecule has 0 aliphatic rings. The fourth-order valence-corrected chi connectivity index (χ4v) is 6.83. The summed E-state index contributed by atoms with van der Waals surface area (Å²) in [4.78, 5) is 19.4. The van der Waals surface area contributed by atoms with Gasteiger partial charge in [-0.15, -0.1) is 0 Å². The van der Waals surface area contributed by atoms with E-state index in [-0.39, 0.29) is 54.6 Å². The summed E-state index contributed by atoms with van der Waals surface area (Å²) in [5.74, 6) is 0.547. The molecule has 43 heavy (non-hydrogen) atoms. The monoisotopic (exact) mass is 838 g/mol. The van der Waals surface area contributed by atoms with Crippen molar-refractivity contribution in [1.82, 2.24) is 9.97 Å². The number of carbonyl (C=O) groups excluding carboxylic acids is 1. The predicted molar refractivity (Wildman–Crippen MR) is 165 cm³/mol. The van der Waals surface area contributed by atoms with E-state index >= 15 is 0 Å². The SMILES string of the molecule is CCC(CC)C(=O)/C=C(\O)C(CC)CC.[2H]c1nc(-c2[c-]c3ccccc3[se]2)c2c([2H])c3c([2H])c([2H])c([2H])c([2H])c3c(C(F)(F)F)c2n1.[Ir]. The summed E-state index contributed by atoms with van der Waals surface area (Å²) < 4.78 is 93.0. The fourth-order valence-electron chi connectivity index (χ4n) is 4.73. The molecule has 0 saturated carbocycles. The van der Waals surface area contributed by atoms with Crippen molar-refractivity contribution >= 4 is 51.6 Å². The normalized spacial score (nSPS) is 14.0. The van der Waals surface area contributed by atoms with E-state index in [0.717, 1.165) is 35.3 Å². The molecule has 0 atom stereocenters. The maximum atomic E-state index is 14.3. The second-order valence-corrected chi connectivity index (χ2v) is 11.9. The van der Waals surface area contributed by atoms with Crippen molar-refractivity contribution in [2.45, 2.75) is 59.6 Å². The first-order valence-electron chi connectivity index (χ1n) is 16.7. The van der Waals surface area contributed by atoms with E-state index in [9.17, 15) is 23.1 Å². The molecule has 9 heteroatoms. The molecule has 2 heterocycles. The molecule has 1 radical (unpaired) electrons. The first kappa shape index (κ1) is 26.6. The minimum absolute atomic E-state index is 0. The minimum atomic E-state index is -5.07. The van der Waals surface area contributed by atoms with Crippen molar-refractivity contribution in [3.8, 4) is 10.1 Å². The largest absolute Gasteiger partial charge is 0 e. The number of aliphatic hydroxyl groups is 1. The first-order valence-corrected chi connectivity index (χ1v) is 15.5. The Kier molecular flexibility index (Phi) is 9.42. The molecular formula is C34H34F3IrN2O2Se-. The Morgan fingerprint density at radius 2 is 1.67 bits per heavy atom. The number of ketones is 1. The number of aromatic nitrogens is 2. The Hall–Kier alpha value is -2.83. The van der Waals surface area contributed by atoms with E-state index < -0.39 is 79.0 Å². The van der Waals surface area contributed by atoms with E-state index in [0.29, 0.717) is 4.44 Å². The van der Waals surface area contributed by atoms with Crippen LogP contribution in [0.3, 0.4) is 0 Å². The van der Waals surface area contributed by atoms with Gasteiger partial charge in [-0.05, 0) is 25.7 Å². The number of allylic oxidation sites excluding steroid dienone is 2. The summed E-state index contributed by atoms with van der Waals surface area (Å²) in [6.45, 7) is 8.07. The average Bonchev–Trinajstić information content (AvgIpc) is 3.47. The van der Waals surface area contributed by atoms with Crippen molar-refractivity contribution in [2.75, 3.05) is 0 Å². The summed E-state index contributed by atoms with van der Waals surface area (Å²) in [7, 11) is 0. The van der Waals surface area contributed by atoms with Gasteiger partial charge in [-0.3, -0.25) is 4.79 Å². The number of aliphatic hydroxyl groups excluding tert-OH is 1. The van der Waals surface area contributed by atoms with Crippen LogP contribution in [-0.2, 0) is 31.1 Å². The molecule has 0 spiro atoms. The molecule has 5 rings (SSSR count). The number of hydrogen-bond acceptors (Lipinski definition) is 4. The van der Waals surface area contributed by atoms with Gasteiger partial charge in [0.05, 0.1) is 5.76 Å². The molecule has 0 aliphatic carbocycles. The van der Waals surface area contributed by atoms with Crippen molar-refractivity contribution in [3.63, 3.8) is 0 Å². The maximum Gasteiger partial charge on any atom is 0 e. The van der Waals surface area contributed by atoms with Crippen LogP contribution in [0.1, 0.15) is 67.2 Å².